The molecule has 104 valence electrons. The van der Waals surface area contributed by atoms with Gasteiger partial charge in [-0.15, -0.1) is 0 Å². The predicted octanol–water partition coefficient (Wildman–Crippen LogP) is -0.261. The van der Waals surface area contributed by atoms with Gasteiger partial charge in [-0.2, -0.15) is 0 Å². The summed E-state index contributed by atoms with van der Waals surface area (Å²) in [5.74, 6) is -0.555. The summed E-state index contributed by atoms with van der Waals surface area (Å²) >= 11 is 1.25. The Kier molecular flexibility index (Phi) is 3.61. The molecule has 2 amide bonds. The summed E-state index contributed by atoms with van der Waals surface area (Å²) in [7, 11) is 3.68. The largest absolute Gasteiger partial charge is 0.382 e. The summed E-state index contributed by atoms with van der Waals surface area (Å²) in [6, 6.07) is 0. The number of anilines is 2. The van der Waals surface area contributed by atoms with Gasteiger partial charge in [0.15, 0.2) is 5.13 Å². The van der Waals surface area contributed by atoms with Crippen LogP contribution in [0.15, 0.2) is 0 Å². The van der Waals surface area contributed by atoms with Gasteiger partial charge in [0.2, 0.25) is 5.91 Å². The minimum atomic E-state index is -0.360. The highest BCUT2D eigenvalue weighted by molar-refractivity contribution is 7.18. The lowest BCUT2D eigenvalue weighted by molar-refractivity contribution is -0.121. The third-order valence-electron chi connectivity index (χ3n) is 3.10. The molecule has 19 heavy (non-hydrogen) atoms. The first-order chi connectivity index (χ1) is 8.90. The van der Waals surface area contributed by atoms with Crippen LogP contribution in [-0.4, -0.2) is 48.9 Å². The zero-order valence-corrected chi connectivity index (χ0v) is 11.7. The normalized spacial score (nSPS) is 18.6. The van der Waals surface area contributed by atoms with Crippen molar-refractivity contribution in [3.63, 3.8) is 0 Å². The Morgan fingerprint density at radius 1 is 1.47 bits per heavy atom. The number of primary amides is 1. The molecule has 1 fully saturated rings. The molecule has 4 N–H and O–H groups in total. The molecule has 2 rings (SSSR count). The standard InChI is InChI=1S/C11H17N5O2S/c1-15(2)11-14-8(12)7(19-11)10(18)16-4-3-6(5-16)9(13)17/h6H,3-5,12H2,1-2H3,(H2,13,17). The van der Waals surface area contributed by atoms with Crippen LogP contribution in [0, 0.1) is 5.92 Å². The van der Waals surface area contributed by atoms with E-state index in [4.69, 9.17) is 11.5 Å². The lowest BCUT2D eigenvalue weighted by Crippen LogP contribution is -2.31. The van der Waals surface area contributed by atoms with Gasteiger partial charge in [-0.05, 0) is 6.42 Å². The Balaban J connectivity index is 2.14. The number of likely N-dealkylation sites (tertiary alicyclic amines) is 1. The van der Waals surface area contributed by atoms with Crippen molar-refractivity contribution in [2.24, 2.45) is 11.7 Å². The summed E-state index contributed by atoms with van der Waals surface area (Å²) in [5.41, 5.74) is 11.0. The summed E-state index contributed by atoms with van der Waals surface area (Å²) < 4.78 is 0. The van der Waals surface area contributed by atoms with E-state index in [9.17, 15) is 9.59 Å². The molecule has 1 unspecified atom stereocenters. The smallest absolute Gasteiger partial charge is 0.267 e. The van der Waals surface area contributed by atoms with E-state index in [1.165, 1.54) is 11.3 Å². The summed E-state index contributed by atoms with van der Waals surface area (Å²) in [6.07, 6.45) is 0.611. The van der Waals surface area contributed by atoms with Gasteiger partial charge < -0.3 is 21.3 Å². The second-order valence-corrected chi connectivity index (χ2v) is 5.72. The first kappa shape index (κ1) is 13.6. The maximum Gasteiger partial charge on any atom is 0.267 e. The molecule has 0 saturated carbocycles. The fourth-order valence-electron chi connectivity index (χ4n) is 1.99. The molecule has 1 aromatic heterocycles. The van der Waals surface area contributed by atoms with E-state index in [1.54, 1.807) is 9.80 Å². The van der Waals surface area contributed by atoms with E-state index < -0.39 is 0 Å². The van der Waals surface area contributed by atoms with E-state index in [2.05, 4.69) is 4.98 Å². The van der Waals surface area contributed by atoms with Crippen LogP contribution in [0.4, 0.5) is 10.9 Å². The Bertz CT molecular complexity index is 513. The SMILES string of the molecule is CN(C)c1nc(N)c(C(=O)N2CCC(C(N)=O)C2)s1. The molecule has 1 aliphatic heterocycles. The van der Waals surface area contributed by atoms with Crippen molar-refractivity contribution in [2.45, 2.75) is 6.42 Å². The van der Waals surface area contributed by atoms with Crippen LogP contribution in [-0.2, 0) is 4.79 Å². The van der Waals surface area contributed by atoms with Crippen LogP contribution in [0.3, 0.4) is 0 Å². The number of nitrogens with two attached hydrogens (primary N) is 2. The molecule has 0 bridgehead atoms. The monoisotopic (exact) mass is 283 g/mol. The number of carbonyl (C=O) groups is 2. The maximum absolute atomic E-state index is 12.3. The summed E-state index contributed by atoms with van der Waals surface area (Å²) in [5, 5.41) is 0.687. The third-order valence-corrected chi connectivity index (χ3v) is 4.32. The van der Waals surface area contributed by atoms with E-state index >= 15 is 0 Å². The molecule has 2 heterocycles. The van der Waals surface area contributed by atoms with Crippen LogP contribution in [0.2, 0.25) is 0 Å². The maximum atomic E-state index is 12.3. The molecule has 7 nitrogen and oxygen atoms in total. The van der Waals surface area contributed by atoms with Crippen LogP contribution in [0.1, 0.15) is 16.1 Å². The fourth-order valence-corrected chi connectivity index (χ4v) is 2.86. The van der Waals surface area contributed by atoms with Crippen LogP contribution in [0.25, 0.3) is 0 Å². The quantitative estimate of drug-likeness (QED) is 0.795. The summed E-state index contributed by atoms with van der Waals surface area (Å²) in [4.78, 5) is 31.4. The van der Waals surface area contributed by atoms with E-state index in [1.807, 2.05) is 14.1 Å². The van der Waals surface area contributed by atoms with E-state index in [0.717, 1.165) is 0 Å². The minimum absolute atomic E-state index is 0.174. The first-order valence-corrected chi connectivity index (χ1v) is 6.74. The summed E-state index contributed by atoms with van der Waals surface area (Å²) in [6.45, 7) is 0.893. The van der Waals surface area contributed by atoms with Crippen LogP contribution in [0.5, 0.6) is 0 Å². The molecule has 1 atom stereocenters. The van der Waals surface area contributed by atoms with Gasteiger partial charge in [0.1, 0.15) is 10.7 Å². The van der Waals surface area contributed by atoms with Crippen molar-refractivity contribution in [1.82, 2.24) is 9.88 Å². The molecule has 1 saturated heterocycles. The molecule has 1 aromatic rings. The molecule has 0 spiro atoms. The van der Waals surface area contributed by atoms with Gasteiger partial charge in [0, 0.05) is 27.2 Å². The van der Waals surface area contributed by atoms with E-state index in [-0.39, 0.29) is 23.6 Å². The number of thiazole rings is 1. The topological polar surface area (TPSA) is 106 Å². The highest BCUT2D eigenvalue weighted by Crippen LogP contribution is 2.29. The van der Waals surface area contributed by atoms with Crippen molar-refractivity contribution >= 4 is 34.1 Å². The molecule has 0 aromatic carbocycles. The Hall–Kier alpha value is -1.83. The molecule has 1 aliphatic rings. The lowest BCUT2D eigenvalue weighted by atomic mass is 10.1. The predicted molar refractivity (Wildman–Crippen MR) is 74.1 cm³/mol. The van der Waals surface area contributed by atoms with E-state index in [0.29, 0.717) is 29.5 Å². The van der Waals surface area contributed by atoms with Crippen LogP contribution >= 0.6 is 11.3 Å². The number of rotatable bonds is 3. The van der Waals surface area contributed by atoms with Gasteiger partial charge in [0.25, 0.3) is 5.91 Å². The lowest BCUT2D eigenvalue weighted by Gasteiger charge is -2.14. The first-order valence-electron chi connectivity index (χ1n) is 5.92. The van der Waals surface area contributed by atoms with Crippen molar-refractivity contribution in [2.75, 3.05) is 37.8 Å². The average molecular weight is 283 g/mol. The van der Waals surface area contributed by atoms with Crippen LogP contribution < -0.4 is 16.4 Å². The Labute approximate surface area is 115 Å². The molecular formula is C11H17N5O2S. The van der Waals surface area contributed by atoms with Gasteiger partial charge in [-0.1, -0.05) is 11.3 Å². The Morgan fingerprint density at radius 2 is 2.16 bits per heavy atom. The van der Waals surface area contributed by atoms with Gasteiger partial charge >= 0.3 is 0 Å². The van der Waals surface area contributed by atoms with Crippen molar-refractivity contribution < 1.29 is 9.59 Å². The van der Waals surface area contributed by atoms with Gasteiger partial charge in [-0.25, -0.2) is 4.98 Å². The van der Waals surface area contributed by atoms with Gasteiger partial charge in [0.05, 0.1) is 5.92 Å². The minimum Gasteiger partial charge on any atom is -0.382 e. The molecule has 0 radical (unpaired) electrons. The van der Waals surface area contributed by atoms with Crippen molar-refractivity contribution in [3.05, 3.63) is 4.88 Å². The number of hydrogen-bond acceptors (Lipinski definition) is 6. The number of amides is 2. The molecular weight excluding hydrogens is 266 g/mol. The number of carbonyl (C=O) groups excluding carboxylic acids is 2. The van der Waals surface area contributed by atoms with Crippen molar-refractivity contribution in [3.8, 4) is 0 Å². The highest BCUT2D eigenvalue weighted by atomic mass is 32.1. The average Bonchev–Trinajstić information content (AvgIpc) is 2.94. The second kappa shape index (κ2) is 5.04. The van der Waals surface area contributed by atoms with Crippen molar-refractivity contribution in [1.29, 1.82) is 0 Å². The molecule has 8 heteroatoms. The molecule has 0 aliphatic carbocycles. The number of aromatic nitrogens is 1. The second-order valence-electron chi connectivity index (χ2n) is 4.74. The zero-order chi connectivity index (χ0) is 14.2. The third kappa shape index (κ3) is 2.62. The number of nitrogen functional groups attached to an aromatic ring is 1. The highest BCUT2D eigenvalue weighted by Gasteiger charge is 2.32. The number of hydrogen-bond donors (Lipinski definition) is 2. The Morgan fingerprint density at radius 3 is 2.63 bits per heavy atom. The fraction of sp³-hybridized carbons (Fsp3) is 0.545. The van der Waals surface area contributed by atoms with Gasteiger partial charge in [-0.3, -0.25) is 9.59 Å². The number of nitrogens with zero attached hydrogens (tertiary/aromatic N) is 3. The zero-order valence-electron chi connectivity index (χ0n) is 10.9.